The first-order chi connectivity index (χ1) is 11.3. The molecule has 8 heteroatoms. The van der Waals surface area contributed by atoms with E-state index >= 15 is 0 Å². The molecule has 0 aromatic heterocycles. The van der Waals surface area contributed by atoms with Gasteiger partial charge in [-0.2, -0.15) is 4.67 Å². The molecule has 0 spiro atoms. The molecule has 25 heavy (non-hydrogen) atoms. The Balaban J connectivity index is 3.45. The molecule has 1 aromatic rings. The van der Waals surface area contributed by atoms with E-state index < -0.39 is 31.6 Å². The molecular formula is C17H27ClNO5P. The van der Waals surface area contributed by atoms with E-state index in [1.165, 1.54) is 6.07 Å². The number of nitrogens with zero attached hydrogens (tertiary/aromatic N) is 1. The van der Waals surface area contributed by atoms with E-state index in [1.54, 1.807) is 66.7 Å². The lowest BCUT2D eigenvalue weighted by Crippen LogP contribution is -2.37. The van der Waals surface area contributed by atoms with Crippen molar-refractivity contribution < 1.29 is 23.1 Å². The highest BCUT2D eigenvalue weighted by molar-refractivity contribution is 7.56. The predicted molar refractivity (Wildman–Crippen MR) is 100 cm³/mol. The van der Waals surface area contributed by atoms with Crippen LogP contribution < -0.4 is 4.67 Å². The van der Waals surface area contributed by atoms with Crippen molar-refractivity contribution in [2.45, 2.75) is 66.3 Å². The summed E-state index contributed by atoms with van der Waals surface area (Å²) in [6.45, 7) is 12.0. The Morgan fingerprint density at radius 1 is 1.12 bits per heavy atom. The zero-order chi connectivity index (χ0) is 19.4. The molecular weight excluding hydrogens is 365 g/mol. The summed E-state index contributed by atoms with van der Waals surface area (Å²) in [5.41, 5.74) is -0.514. The molecule has 0 radical (unpaired) electrons. The van der Waals surface area contributed by atoms with Crippen molar-refractivity contribution >= 4 is 31.1 Å². The van der Waals surface area contributed by atoms with Gasteiger partial charge in [-0.05, 0) is 66.7 Å². The minimum atomic E-state index is -4.03. The van der Waals surface area contributed by atoms with Crippen LogP contribution >= 0.6 is 19.3 Å². The summed E-state index contributed by atoms with van der Waals surface area (Å²) in [6, 6.07) is 6.39. The summed E-state index contributed by atoms with van der Waals surface area (Å²) < 4.78 is 31.0. The SMILES string of the molecule is CC(C)OP(=O)(OC(C)C)N(C(=O)OC(C)(C)C)c1cccc(Cl)c1. The topological polar surface area (TPSA) is 65.1 Å². The molecule has 0 bridgehead atoms. The van der Waals surface area contributed by atoms with Crippen molar-refractivity contribution in [3.8, 4) is 0 Å². The zero-order valence-corrected chi connectivity index (χ0v) is 17.4. The van der Waals surface area contributed by atoms with Gasteiger partial charge in [-0.3, -0.25) is 9.05 Å². The van der Waals surface area contributed by atoms with Crippen molar-refractivity contribution in [3.05, 3.63) is 29.3 Å². The van der Waals surface area contributed by atoms with Crippen LogP contribution in [0, 0.1) is 0 Å². The van der Waals surface area contributed by atoms with E-state index in [1.807, 2.05) is 0 Å². The number of anilines is 1. The molecule has 0 saturated carbocycles. The predicted octanol–water partition coefficient (Wildman–Crippen LogP) is 6.04. The third kappa shape index (κ3) is 6.98. The van der Waals surface area contributed by atoms with Crippen LogP contribution in [-0.4, -0.2) is 23.9 Å². The van der Waals surface area contributed by atoms with Gasteiger partial charge < -0.3 is 4.74 Å². The van der Waals surface area contributed by atoms with Gasteiger partial charge in [0, 0.05) is 5.02 Å². The smallest absolute Gasteiger partial charge is 0.443 e. The summed E-state index contributed by atoms with van der Waals surface area (Å²) in [5, 5.41) is 0.381. The third-order valence-corrected chi connectivity index (χ3v) is 5.05. The molecule has 1 amide bonds. The molecule has 0 unspecified atom stereocenters. The van der Waals surface area contributed by atoms with Gasteiger partial charge in [-0.1, -0.05) is 17.7 Å². The van der Waals surface area contributed by atoms with Crippen molar-refractivity contribution in [2.24, 2.45) is 0 Å². The summed E-state index contributed by atoms with van der Waals surface area (Å²) in [4.78, 5) is 12.8. The summed E-state index contributed by atoms with van der Waals surface area (Å²) in [7, 11) is -4.03. The van der Waals surface area contributed by atoms with Gasteiger partial charge in [0.25, 0.3) is 0 Å². The maximum Gasteiger partial charge on any atom is 0.445 e. The van der Waals surface area contributed by atoms with Gasteiger partial charge >= 0.3 is 13.8 Å². The number of carbonyl (C=O) groups excluding carboxylic acids is 1. The van der Waals surface area contributed by atoms with Crippen molar-refractivity contribution in [3.63, 3.8) is 0 Å². The fourth-order valence-corrected chi connectivity index (χ4v) is 4.05. The second kappa shape index (κ2) is 8.54. The Labute approximate surface area is 155 Å². The van der Waals surface area contributed by atoms with Crippen LogP contribution in [0.4, 0.5) is 10.5 Å². The zero-order valence-electron chi connectivity index (χ0n) is 15.8. The van der Waals surface area contributed by atoms with E-state index in [2.05, 4.69) is 0 Å². The molecule has 0 heterocycles. The molecule has 0 fully saturated rings. The lowest BCUT2D eigenvalue weighted by molar-refractivity contribution is 0.0580. The van der Waals surface area contributed by atoms with Gasteiger partial charge in [0.1, 0.15) is 5.60 Å². The number of hydrogen-bond acceptors (Lipinski definition) is 5. The lowest BCUT2D eigenvalue weighted by atomic mass is 10.2. The van der Waals surface area contributed by atoms with Crippen molar-refractivity contribution in [1.29, 1.82) is 0 Å². The Hall–Kier alpha value is -1.07. The molecule has 0 aliphatic heterocycles. The first-order valence-corrected chi connectivity index (χ1v) is 9.97. The van der Waals surface area contributed by atoms with Crippen LogP contribution in [0.25, 0.3) is 0 Å². The molecule has 6 nitrogen and oxygen atoms in total. The molecule has 0 aliphatic carbocycles. The number of amides is 1. The first-order valence-electron chi connectivity index (χ1n) is 8.10. The number of hydrogen-bond donors (Lipinski definition) is 0. The van der Waals surface area contributed by atoms with E-state index in [4.69, 9.17) is 25.4 Å². The molecule has 142 valence electrons. The van der Waals surface area contributed by atoms with Gasteiger partial charge in [-0.15, -0.1) is 0 Å². The standard InChI is InChI=1S/C17H27ClNO5P/c1-12(2)23-25(21,24-13(3)4)19(16(20)22-17(5,6)7)15-10-8-9-14(18)11-15/h8-13H,1-7H3. The summed E-state index contributed by atoms with van der Waals surface area (Å²) >= 11 is 6.04. The van der Waals surface area contributed by atoms with Crippen LogP contribution in [-0.2, 0) is 18.3 Å². The van der Waals surface area contributed by atoms with E-state index in [0.29, 0.717) is 5.02 Å². The highest BCUT2D eigenvalue weighted by atomic mass is 35.5. The number of carbonyl (C=O) groups is 1. The highest BCUT2D eigenvalue weighted by Crippen LogP contribution is 2.56. The first kappa shape index (κ1) is 22.0. The van der Waals surface area contributed by atoms with E-state index in [9.17, 15) is 9.36 Å². The Morgan fingerprint density at radius 3 is 2.04 bits per heavy atom. The summed E-state index contributed by atoms with van der Waals surface area (Å²) in [5.74, 6) is 0. The van der Waals surface area contributed by atoms with Crippen LogP contribution in [0.5, 0.6) is 0 Å². The Kier molecular flexibility index (Phi) is 7.51. The summed E-state index contributed by atoms with van der Waals surface area (Å²) in [6.07, 6.45) is -1.71. The fourth-order valence-electron chi connectivity index (χ4n) is 1.91. The number of rotatable bonds is 6. The van der Waals surface area contributed by atoms with Crippen LogP contribution in [0.3, 0.4) is 0 Å². The lowest BCUT2D eigenvalue weighted by Gasteiger charge is -2.33. The quantitative estimate of drug-likeness (QED) is 0.553. The fraction of sp³-hybridized carbons (Fsp3) is 0.588. The van der Waals surface area contributed by atoms with E-state index in [-0.39, 0.29) is 5.69 Å². The van der Waals surface area contributed by atoms with Gasteiger partial charge in [-0.25, -0.2) is 9.36 Å². The molecule has 0 N–H and O–H groups in total. The third-order valence-electron chi connectivity index (χ3n) is 2.55. The average Bonchev–Trinajstić information content (AvgIpc) is 2.33. The molecule has 0 saturated heterocycles. The van der Waals surface area contributed by atoms with Crippen molar-refractivity contribution in [1.82, 2.24) is 0 Å². The number of ether oxygens (including phenoxy) is 1. The maximum absolute atomic E-state index is 13.5. The number of benzene rings is 1. The Bertz CT molecular complexity index is 628. The molecule has 0 aliphatic rings. The van der Waals surface area contributed by atoms with Gasteiger partial charge in [0.05, 0.1) is 17.9 Å². The minimum absolute atomic E-state index is 0.270. The molecule has 1 rings (SSSR count). The largest absolute Gasteiger partial charge is 0.445 e. The van der Waals surface area contributed by atoms with Gasteiger partial charge in [0.2, 0.25) is 0 Å². The van der Waals surface area contributed by atoms with Gasteiger partial charge in [0.15, 0.2) is 0 Å². The average molecular weight is 392 g/mol. The second-order valence-corrected chi connectivity index (χ2v) is 9.24. The Morgan fingerprint density at radius 2 is 1.64 bits per heavy atom. The number of halogens is 1. The van der Waals surface area contributed by atoms with Crippen LogP contribution in [0.1, 0.15) is 48.5 Å². The highest BCUT2D eigenvalue weighted by Gasteiger charge is 2.43. The van der Waals surface area contributed by atoms with Crippen LogP contribution in [0.15, 0.2) is 24.3 Å². The minimum Gasteiger partial charge on any atom is -0.443 e. The maximum atomic E-state index is 13.5. The van der Waals surface area contributed by atoms with Crippen LogP contribution in [0.2, 0.25) is 5.02 Å². The second-order valence-electron chi connectivity index (χ2n) is 7.05. The van der Waals surface area contributed by atoms with E-state index in [0.717, 1.165) is 4.67 Å². The normalized spacial score (nSPS) is 12.6. The van der Waals surface area contributed by atoms with Crippen molar-refractivity contribution in [2.75, 3.05) is 4.67 Å². The molecule has 0 atom stereocenters. The molecule has 1 aromatic carbocycles. The monoisotopic (exact) mass is 391 g/mol.